The SMILES string of the molecule is CCCc1cc(=O)[nH]c(SCC(=O)Nc2cc(Br)cc(Br)c2)n1. The lowest BCUT2D eigenvalue weighted by molar-refractivity contribution is -0.113. The van der Waals surface area contributed by atoms with E-state index in [9.17, 15) is 9.59 Å². The van der Waals surface area contributed by atoms with Gasteiger partial charge in [-0.05, 0) is 24.6 Å². The number of amides is 1. The van der Waals surface area contributed by atoms with Gasteiger partial charge in [-0.3, -0.25) is 9.59 Å². The van der Waals surface area contributed by atoms with Crippen molar-refractivity contribution in [1.29, 1.82) is 0 Å². The van der Waals surface area contributed by atoms with Crippen molar-refractivity contribution in [2.24, 2.45) is 0 Å². The lowest BCUT2D eigenvalue weighted by Gasteiger charge is -2.07. The van der Waals surface area contributed by atoms with Crippen LogP contribution in [0, 0.1) is 0 Å². The lowest BCUT2D eigenvalue weighted by atomic mass is 10.2. The Labute approximate surface area is 154 Å². The highest BCUT2D eigenvalue weighted by Gasteiger charge is 2.08. The smallest absolute Gasteiger partial charge is 0.251 e. The Morgan fingerprint density at radius 3 is 2.61 bits per heavy atom. The minimum absolute atomic E-state index is 0.163. The van der Waals surface area contributed by atoms with E-state index in [1.165, 1.54) is 17.8 Å². The molecule has 0 unspecified atom stereocenters. The number of hydrogen-bond acceptors (Lipinski definition) is 4. The summed E-state index contributed by atoms with van der Waals surface area (Å²) in [6.07, 6.45) is 1.66. The van der Waals surface area contributed by atoms with Crippen molar-refractivity contribution in [3.63, 3.8) is 0 Å². The first kappa shape index (κ1) is 18.2. The van der Waals surface area contributed by atoms with Crippen LogP contribution in [0.5, 0.6) is 0 Å². The fraction of sp³-hybridized carbons (Fsp3) is 0.267. The van der Waals surface area contributed by atoms with Crippen LogP contribution in [0.15, 0.2) is 43.2 Å². The number of carbonyl (C=O) groups excluding carboxylic acids is 1. The normalized spacial score (nSPS) is 10.6. The van der Waals surface area contributed by atoms with Crippen molar-refractivity contribution >= 4 is 55.2 Å². The van der Waals surface area contributed by atoms with Gasteiger partial charge < -0.3 is 10.3 Å². The van der Waals surface area contributed by atoms with Gasteiger partial charge in [0.1, 0.15) is 0 Å². The molecule has 0 aliphatic heterocycles. The Bertz CT molecular complexity index is 744. The van der Waals surface area contributed by atoms with Crippen LogP contribution in [-0.2, 0) is 11.2 Å². The molecule has 0 saturated carbocycles. The highest BCUT2D eigenvalue weighted by atomic mass is 79.9. The van der Waals surface area contributed by atoms with Crippen molar-refractivity contribution in [2.75, 3.05) is 11.1 Å². The van der Waals surface area contributed by atoms with Gasteiger partial charge in [-0.1, -0.05) is 57.0 Å². The summed E-state index contributed by atoms with van der Waals surface area (Å²) in [6, 6.07) is 7.01. The van der Waals surface area contributed by atoms with Crippen LogP contribution in [0.3, 0.4) is 0 Å². The molecular formula is C15H15Br2N3O2S. The maximum absolute atomic E-state index is 12.0. The third-order valence-electron chi connectivity index (χ3n) is 2.77. The number of thioether (sulfide) groups is 1. The zero-order chi connectivity index (χ0) is 16.8. The van der Waals surface area contributed by atoms with Gasteiger partial charge in [-0.15, -0.1) is 0 Å². The zero-order valence-electron chi connectivity index (χ0n) is 12.4. The first-order valence-electron chi connectivity index (χ1n) is 6.95. The summed E-state index contributed by atoms with van der Waals surface area (Å²) in [5.41, 5.74) is 1.25. The Kier molecular flexibility index (Phi) is 6.86. The number of aromatic amines is 1. The van der Waals surface area contributed by atoms with Crippen LogP contribution >= 0.6 is 43.6 Å². The van der Waals surface area contributed by atoms with Gasteiger partial charge in [0.15, 0.2) is 5.16 Å². The predicted molar refractivity (Wildman–Crippen MR) is 100 cm³/mol. The Balaban J connectivity index is 1.97. The number of H-pyrrole nitrogens is 1. The molecule has 5 nitrogen and oxygen atoms in total. The molecule has 1 heterocycles. The summed E-state index contributed by atoms with van der Waals surface area (Å²) < 4.78 is 1.74. The van der Waals surface area contributed by atoms with Gasteiger partial charge in [0.2, 0.25) is 5.91 Å². The van der Waals surface area contributed by atoms with Gasteiger partial charge in [-0.2, -0.15) is 0 Å². The van der Waals surface area contributed by atoms with E-state index in [4.69, 9.17) is 0 Å². The second kappa shape index (κ2) is 8.65. The molecule has 2 aromatic rings. The van der Waals surface area contributed by atoms with Crippen molar-refractivity contribution in [3.8, 4) is 0 Å². The van der Waals surface area contributed by atoms with E-state index in [2.05, 4.69) is 47.1 Å². The second-order valence-corrected chi connectivity index (χ2v) is 7.58. The quantitative estimate of drug-likeness (QED) is 0.505. The van der Waals surface area contributed by atoms with Crippen molar-refractivity contribution in [2.45, 2.75) is 24.9 Å². The van der Waals surface area contributed by atoms with E-state index in [0.29, 0.717) is 10.8 Å². The van der Waals surface area contributed by atoms with Gasteiger partial charge in [0.05, 0.1) is 5.75 Å². The van der Waals surface area contributed by atoms with Gasteiger partial charge in [0, 0.05) is 26.4 Å². The molecule has 1 aromatic carbocycles. The molecule has 0 spiro atoms. The highest BCUT2D eigenvalue weighted by molar-refractivity contribution is 9.11. The summed E-state index contributed by atoms with van der Waals surface area (Å²) >= 11 is 7.95. The Hall–Kier alpha value is -1.12. The standard InChI is InChI=1S/C15H15Br2N3O2S/c1-2-3-11-7-13(21)20-15(19-11)23-8-14(22)18-12-5-9(16)4-10(17)6-12/h4-7H,2-3,8H2,1H3,(H,18,22)(H,19,20,21). The molecule has 0 fully saturated rings. The van der Waals surface area contributed by atoms with Crippen molar-refractivity contribution < 1.29 is 4.79 Å². The molecule has 0 aliphatic rings. The van der Waals surface area contributed by atoms with Crippen LogP contribution in [-0.4, -0.2) is 21.6 Å². The average Bonchev–Trinajstić information content (AvgIpc) is 2.44. The Morgan fingerprint density at radius 2 is 1.96 bits per heavy atom. The molecule has 23 heavy (non-hydrogen) atoms. The molecule has 122 valence electrons. The van der Waals surface area contributed by atoms with E-state index in [1.54, 1.807) is 0 Å². The first-order valence-corrected chi connectivity index (χ1v) is 9.52. The number of hydrogen-bond donors (Lipinski definition) is 2. The maximum atomic E-state index is 12.0. The number of halogens is 2. The predicted octanol–water partition coefficient (Wildman–Crippen LogP) is 3.98. The van der Waals surface area contributed by atoms with E-state index in [-0.39, 0.29) is 17.2 Å². The van der Waals surface area contributed by atoms with Crippen molar-refractivity contribution in [3.05, 3.63) is 49.3 Å². The summed E-state index contributed by atoms with van der Waals surface area (Å²) in [5, 5.41) is 3.27. The molecular weight excluding hydrogens is 446 g/mol. The monoisotopic (exact) mass is 459 g/mol. The van der Waals surface area contributed by atoms with Gasteiger partial charge in [-0.25, -0.2) is 4.98 Å². The molecule has 0 saturated heterocycles. The van der Waals surface area contributed by atoms with Gasteiger partial charge >= 0.3 is 0 Å². The van der Waals surface area contributed by atoms with E-state index in [1.807, 2.05) is 25.1 Å². The number of nitrogens with one attached hydrogen (secondary N) is 2. The van der Waals surface area contributed by atoms with Crippen LogP contribution in [0.1, 0.15) is 19.0 Å². The number of carbonyl (C=O) groups is 1. The Morgan fingerprint density at radius 1 is 1.26 bits per heavy atom. The third kappa shape index (κ3) is 6.12. The summed E-state index contributed by atoms with van der Waals surface area (Å²) in [4.78, 5) is 30.6. The number of rotatable bonds is 6. The van der Waals surface area contributed by atoms with Crippen LogP contribution in [0.25, 0.3) is 0 Å². The fourth-order valence-electron chi connectivity index (χ4n) is 1.89. The topological polar surface area (TPSA) is 74.8 Å². The number of anilines is 1. The van der Waals surface area contributed by atoms with E-state index < -0.39 is 0 Å². The molecule has 1 aromatic heterocycles. The van der Waals surface area contributed by atoms with Gasteiger partial charge in [0.25, 0.3) is 5.56 Å². The number of aromatic nitrogens is 2. The molecule has 1 amide bonds. The molecule has 0 atom stereocenters. The molecule has 0 radical (unpaired) electrons. The summed E-state index contributed by atoms with van der Waals surface area (Å²) in [6.45, 7) is 2.03. The number of aryl methyl sites for hydroxylation is 1. The van der Waals surface area contributed by atoms with E-state index in [0.717, 1.165) is 27.5 Å². The maximum Gasteiger partial charge on any atom is 0.251 e. The fourth-order valence-corrected chi connectivity index (χ4v) is 3.88. The lowest BCUT2D eigenvalue weighted by Crippen LogP contribution is -2.16. The molecule has 8 heteroatoms. The second-order valence-electron chi connectivity index (χ2n) is 4.79. The number of benzene rings is 1. The molecule has 2 N–H and O–H groups in total. The van der Waals surface area contributed by atoms with Crippen LogP contribution in [0.4, 0.5) is 5.69 Å². The minimum atomic E-state index is -0.192. The minimum Gasteiger partial charge on any atom is -0.325 e. The molecule has 0 aliphatic carbocycles. The molecule has 2 rings (SSSR count). The molecule has 0 bridgehead atoms. The average molecular weight is 461 g/mol. The summed E-state index contributed by atoms with van der Waals surface area (Å²) in [7, 11) is 0. The summed E-state index contributed by atoms with van der Waals surface area (Å²) in [5.74, 6) is 0.00591. The number of nitrogens with zero attached hydrogens (tertiary/aromatic N) is 1. The van der Waals surface area contributed by atoms with E-state index >= 15 is 0 Å². The van der Waals surface area contributed by atoms with Crippen molar-refractivity contribution in [1.82, 2.24) is 9.97 Å². The highest BCUT2D eigenvalue weighted by Crippen LogP contribution is 2.23. The third-order valence-corrected chi connectivity index (χ3v) is 4.55. The zero-order valence-corrected chi connectivity index (χ0v) is 16.3. The first-order chi connectivity index (χ1) is 11.0. The van der Waals surface area contributed by atoms with Crippen LogP contribution < -0.4 is 10.9 Å². The van der Waals surface area contributed by atoms with Crippen LogP contribution in [0.2, 0.25) is 0 Å². The largest absolute Gasteiger partial charge is 0.325 e.